The van der Waals surface area contributed by atoms with E-state index in [1.165, 1.54) is 18.4 Å². The minimum atomic E-state index is -0.0280. The molecule has 0 spiro atoms. The lowest BCUT2D eigenvalue weighted by molar-refractivity contribution is 0.301. The van der Waals surface area contributed by atoms with Crippen molar-refractivity contribution in [2.75, 3.05) is 25.2 Å². The van der Waals surface area contributed by atoms with Gasteiger partial charge >= 0.3 is 0 Å². The standard InChI is InChI=1S/C12H13ClN6O2S/c1-21-12-15-8-9(17-12)16-11(13)18-10(8)19(3-4-20)6-7-14-2-5-22-7/h2,5,20H,3-4,6H2,1H3,(H,15,16,17,18). The molecule has 3 rings (SSSR count). The summed E-state index contributed by atoms with van der Waals surface area (Å²) in [7, 11) is 1.51. The van der Waals surface area contributed by atoms with Gasteiger partial charge in [0.15, 0.2) is 11.5 Å². The fourth-order valence-electron chi connectivity index (χ4n) is 2.04. The molecule has 3 aromatic heterocycles. The summed E-state index contributed by atoms with van der Waals surface area (Å²) in [5.74, 6) is 0.551. The van der Waals surface area contributed by atoms with E-state index in [9.17, 15) is 5.11 Å². The summed E-state index contributed by atoms with van der Waals surface area (Å²) in [5, 5.41) is 12.2. The number of H-pyrrole nitrogens is 1. The normalized spacial score (nSPS) is 11.0. The summed E-state index contributed by atoms with van der Waals surface area (Å²) >= 11 is 7.51. The van der Waals surface area contributed by atoms with Crippen molar-refractivity contribution in [3.05, 3.63) is 21.9 Å². The van der Waals surface area contributed by atoms with E-state index in [0.717, 1.165) is 5.01 Å². The Bertz CT molecular complexity index is 762. The zero-order valence-electron chi connectivity index (χ0n) is 11.7. The van der Waals surface area contributed by atoms with Crippen LogP contribution < -0.4 is 9.64 Å². The number of fused-ring (bicyclic) bond motifs is 1. The van der Waals surface area contributed by atoms with Gasteiger partial charge in [-0.15, -0.1) is 11.3 Å². The van der Waals surface area contributed by atoms with Crippen molar-refractivity contribution in [3.63, 3.8) is 0 Å². The molecule has 0 aliphatic heterocycles. The molecule has 0 aromatic carbocycles. The van der Waals surface area contributed by atoms with Crippen molar-refractivity contribution in [3.8, 4) is 6.01 Å². The molecule has 22 heavy (non-hydrogen) atoms. The van der Waals surface area contributed by atoms with E-state index in [1.54, 1.807) is 6.20 Å². The number of aromatic nitrogens is 5. The molecule has 0 unspecified atom stereocenters. The molecular formula is C12H13ClN6O2S. The van der Waals surface area contributed by atoms with Gasteiger partial charge < -0.3 is 19.7 Å². The first-order valence-corrected chi connectivity index (χ1v) is 7.68. The second kappa shape index (κ2) is 6.42. The molecule has 0 saturated carbocycles. The topological polar surface area (TPSA) is 100 Å². The smallest absolute Gasteiger partial charge is 0.295 e. The highest BCUT2D eigenvalue weighted by atomic mass is 35.5. The lowest BCUT2D eigenvalue weighted by Crippen LogP contribution is -2.27. The van der Waals surface area contributed by atoms with Crippen LogP contribution in [-0.2, 0) is 6.54 Å². The van der Waals surface area contributed by atoms with Crippen LogP contribution >= 0.6 is 22.9 Å². The summed E-state index contributed by atoms with van der Waals surface area (Å²) in [6, 6.07) is 0.325. The van der Waals surface area contributed by atoms with Crippen molar-refractivity contribution < 1.29 is 9.84 Å². The number of thiazole rings is 1. The molecule has 0 bridgehead atoms. The Labute approximate surface area is 134 Å². The summed E-state index contributed by atoms with van der Waals surface area (Å²) in [6.45, 7) is 0.852. The van der Waals surface area contributed by atoms with Gasteiger partial charge in [-0.3, -0.25) is 0 Å². The third kappa shape index (κ3) is 2.96. The van der Waals surface area contributed by atoms with Gasteiger partial charge in [0, 0.05) is 18.1 Å². The van der Waals surface area contributed by atoms with Crippen LogP contribution in [0.4, 0.5) is 5.82 Å². The molecule has 8 nitrogen and oxygen atoms in total. The lowest BCUT2D eigenvalue weighted by atomic mass is 10.4. The molecule has 3 aromatic rings. The van der Waals surface area contributed by atoms with Crippen LogP contribution in [0.5, 0.6) is 6.01 Å². The van der Waals surface area contributed by atoms with Crippen LogP contribution in [0, 0.1) is 0 Å². The predicted molar refractivity (Wildman–Crippen MR) is 83.5 cm³/mol. The first kappa shape index (κ1) is 14.9. The average molecular weight is 341 g/mol. The van der Waals surface area contributed by atoms with Crippen molar-refractivity contribution in [2.24, 2.45) is 0 Å². The number of aliphatic hydroxyl groups is 1. The largest absolute Gasteiger partial charge is 0.468 e. The van der Waals surface area contributed by atoms with Crippen LogP contribution in [0.3, 0.4) is 0 Å². The van der Waals surface area contributed by atoms with Crippen LogP contribution in [-0.4, -0.2) is 50.3 Å². The zero-order chi connectivity index (χ0) is 15.5. The van der Waals surface area contributed by atoms with Gasteiger partial charge in [0.25, 0.3) is 6.01 Å². The van der Waals surface area contributed by atoms with Gasteiger partial charge in [0.2, 0.25) is 5.28 Å². The maximum atomic E-state index is 9.33. The molecule has 0 amide bonds. The molecule has 0 aliphatic rings. The fraction of sp³-hybridized carbons (Fsp3) is 0.333. The second-order valence-corrected chi connectivity index (χ2v) is 5.65. The summed E-state index contributed by atoms with van der Waals surface area (Å²) in [5.41, 5.74) is 1.01. The SMILES string of the molecule is COc1nc2nc(Cl)nc(N(CCO)Cc3nccs3)c2[nH]1. The zero-order valence-corrected chi connectivity index (χ0v) is 13.2. The molecule has 10 heteroatoms. The van der Waals surface area contributed by atoms with Gasteiger partial charge in [-0.1, -0.05) is 0 Å². The van der Waals surface area contributed by atoms with E-state index >= 15 is 0 Å². The average Bonchev–Trinajstić information content (AvgIpc) is 3.14. The number of aromatic amines is 1. The number of nitrogens with one attached hydrogen (secondary N) is 1. The Hall–Kier alpha value is -1.97. The van der Waals surface area contributed by atoms with Crippen LogP contribution in [0.15, 0.2) is 11.6 Å². The monoisotopic (exact) mass is 340 g/mol. The Morgan fingerprint density at radius 1 is 1.41 bits per heavy atom. The van der Waals surface area contributed by atoms with Crippen molar-refractivity contribution >= 4 is 39.9 Å². The second-order valence-electron chi connectivity index (χ2n) is 4.33. The molecular weight excluding hydrogens is 328 g/mol. The summed E-state index contributed by atoms with van der Waals surface area (Å²) in [6.07, 6.45) is 1.74. The number of hydrogen-bond donors (Lipinski definition) is 2. The minimum absolute atomic E-state index is 0.0280. The number of halogens is 1. The van der Waals surface area contributed by atoms with Gasteiger partial charge in [-0.2, -0.15) is 15.0 Å². The Morgan fingerprint density at radius 3 is 2.95 bits per heavy atom. The van der Waals surface area contributed by atoms with E-state index in [0.29, 0.717) is 36.1 Å². The number of hydrogen-bond acceptors (Lipinski definition) is 8. The van der Waals surface area contributed by atoms with Gasteiger partial charge in [0.05, 0.1) is 20.3 Å². The van der Waals surface area contributed by atoms with Crippen LogP contribution in [0.1, 0.15) is 5.01 Å². The van der Waals surface area contributed by atoms with E-state index in [1.807, 2.05) is 10.3 Å². The van der Waals surface area contributed by atoms with Crippen molar-refractivity contribution in [1.29, 1.82) is 0 Å². The third-order valence-electron chi connectivity index (χ3n) is 2.96. The highest BCUT2D eigenvalue weighted by Gasteiger charge is 2.18. The quantitative estimate of drug-likeness (QED) is 0.655. The first-order chi connectivity index (χ1) is 10.7. The number of anilines is 1. The molecule has 3 heterocycles. The highest BCUT2D eigenvalue weighted by Crippen LogP contribution is 2.27. The maximum absolute atomic E-state index is 9.33. The number of nitrogens with zero attached hydrogens (tertiary/aromatic N) is 5. The van der Waals surface area contributed by atoms with Crippen molar-refractivity contribution in [2.45, 2.75) is 6.54 Å². The predicted octanol–water partition coefficient (Wildman–Crippen LogP) is 1.47. The van der Waals surface area contributed by atoms with Crippen LogP contribution in [0.2, 0.25) is 5.28 Å². The molecule has 2 N–H and O–H groups in total. The number of rotatable bonds is 6. The van der Waals surface area contributed by atoms with E-state index in [-0.39, 0.29) is 11.9 Å². The number of imidazole rings is 1. The van der Waals surface area contributed by atoms with Gasteiger partial charge in [-0.05, 0) is 11.6 Å². The van der Waals surface area contributed by atoms with Gasteiger partial charge in [0.1, 0.15) is 10.5 Å². The lowest BCUT2D eigenvalue weighted by Gasteiger charge is -2.21. The van der Waals surface area contributed by atoms with Gasteiger partial charge in [-0.25, -0.2) is 4.98 Å². The summed E-state index contributed by atoms with van der Waals surface area (Å²) in [4.78, 5) is 21.6. The Morgan fingerprint density at radius 2 is 2.27 bits per heavy atom. The minimum Gasteiger partial charge on any atom is -0.468 e. The molecule has 0 radical (unpaired) electrons. The molecule has 0 aliphatic carbocycles. The van der Waals surface area contributed by atoms with E-state index in [4.69, 9.17) is 16.3 Å². The van der Waals surface area contributed by atoms with Crippen LogP contribution in [0.25, 0.3) is 11.2 Å². The van der Waals surface area contributed by atoms with E-state index in [2.05, 4.69) is 24.9 Å². The molecule has 0 atom stereocenters. The number of aliphatic hydroxyl groups excluding tert-OH is 1. The summed E-state index contributed by atoms with van der Waals surface area (Å²) < 4.78 is 5.08. The molecule has 0 fully saturated rings. The van der Waals surface area contributed by atoms with E-state index < -0.39 is 0 Å². The first-order valence-electron chi connectivity index (χ1n) is 6.42. The maximum Gasteiger partial charge on any atom is 0.295 e. The third-order valence-corrected chi connectivity index (χ3v) is 3.89. The number of methoxy groups -OCH3 is 1. The van der Waals surface area contributed by atoms with Crippen molar-refractivity contribution in [1.82, 2.24) is 24.9 Å². The Kier molecular flexibility index (Phi) is 4.36. The fourth-order valence-corrected chi connectivity index (χ4v) is 2.83. The molecule has 116 valence electrons. The Balaban J connectivity index is 2.05. The number of ether oxygens (including phenoxy) is 1. The highest BCUT2D eigenvalue weighted by molar-refractivity contribution is 7.09. The molecule has 0 saturated heterocycles.